The molecule has 0 spiro atoms. The van der Waals surface area contributed by atoms with Crippen LogP contribution in [0, 0.1) is 0 Å². The van der Waals surface area contributed by atoms with Crippen LogP contribution >= 0.6 is 0 Å². The first-order valence-electron chi connectivity index (χ1n) is 4.81. The Morgan fingerprint density at radius 3 is 2.33 bits per heavy atom. The molecule has 0 atom stereocenters. The van der Waals surface area contributed by atoms with Crippen molar-refractivity contribution in [2.24, 2.45) is 0 Å². The normalized spacial score (nSPS) is 16.4. The Bertz CT molecular complexity index is 419. The summed E-state index contributed by atoms with van der Waals surface area (Å²) in [6, 6.07) is 2.17. The summed E-state index contributed by atoms with van der Waals surface area (Å²) in [7, 11) is 0. The summed E-state index contributed by atoms with van der Waals surface area (Å²) in [5, 5.41) is 8.21. The van der Waals surface area contributed by atoms with E-state index >= 15 is 0 Å². The van der Waals surface area contributed by atoms with Crippen molar-refractivity contribution in [3.63, 3.8) is 0 Å². The van der Waals surface area contributed by atoms with Gasteiger partial charge >= 0.3 is 0 Å². The summed E-state index contributed by atoms with van der Waals surface area (Å²) in [5.41, 5.74) is 0. The second-order valence-corrected chi connectivity index (χ2v) is 3.46. The van der Waals surface area contributed by atoms with Gasteiger partial charge in [-0.2, -0.15) is 15.0 Å². The Kier molecular flexibility index (Phi) is 1.84. The van der Waals surface area contributed by atoms with Crippen molar-refractivity contribution in [2.75, 3.05) is 18.0 Å². The number of hydrogen-bond acceptors (Lipinski definition) is 5. The van der Waals surface area contributed by atoms with Gasteiger partial charge in [-0.25, -0.2) is 9.97 Å². The molecule has 2 aromatic heterocycles. The smallest absolute Gasteiger partial charge is 0.225 e. The summed E-state index contributed by atoms with van der Waals surface area (Å²) in [6.45, 7) is 1.75. The Morgan fingerprint density at radius 1 is 1.00 bits per heavy atom. The van der Waals surface area contributed by atoms with E-state index in [4.69, 9.17) is 0 Å². The Hall–Kier alpha value is -1.98. The largest absolute Gasteiger partial charge is 0.336 e. The summed E-state index contributed by atoms with van der Waals surface area (Å²) in [4.78, 5) is 12.2. The lowest BCUT2D eigenvalue weighted by Crippen LogP contribution is -2.49. The number of aromatic nitrogens is 5. The lowest BCUT2D eigenvalue weighted by molar-refractivity contribution is 0.329. The van der Waals surface area contributed by atoms with Crippen LogP contribution in [0.2, 0.25) is 0 Å². The van der Waals surface area contributed by atoms with Gasteiger partial charge < -0.3 is 4.90 Å². The van der Waals surface area contributed by atoms with Crippen LogP contribution in [-0.2, 0) is 0 Å². The molecule has 1 aliphatic heterocycles. The highest BCUT2D eigenvalue weighted by molar-refractivity contribution is 5.33. The van der Waals surface area contributed by atoms with Gasteiger partial charge in [0.2, 0.25) is 5.95 Å². The van der Waals surface area contributed by atoms with Gasteiger partial charge in [0.1, 0.15) is 6.04 Å². The molecule has 0 radical (unpaired) electrons. The second-order valence-electron chi connectivity index (χ2n) is 3.46. The molecule has 3 heterocycles. The van der Waals surface area contributed by atoms with Gasteiger partial charge in [-0.1, -0.05) is 0 Å². The minimum atomic E-state index is 0.351. The first-order chi connectivity index (χ1) is 7.43. The van der Waals surface area contributed by atoms with Gasteiger partial charge in [-0.05, 0) is 6.07 Å². The topological polar surface area (TPSA) is 59.7 Å². The van der Waals surface area contributed by atoms with Crippen LogP contribution in [0.25, 0.3) is 0 Å². The fourth-order valence-corrected chi connectivity index (χ4v) is 1.63. The van der Waals surface area contributed by atoms with Crippen LogP contribution in [-0.4, -0.2) is 38.1 Å². The third-order valence-corrected chi connectivity index (χ3v) is 2.46. The standard InChI is InChI=1S/C9H10N6/c1-2-10-9(11-3-1)14-6-8(7-14)15-12-4-5-13-15/h1-5,8H,6-7H2. The number of nitrogens with zero attached hydrogens (tertiary/aromatic N) is 6. The molecule has 0 unspecified atom stereocenters. The van der Waals surface area contributed by atoms with Crippen LogP contribution in [0.4, 0.5) is 5.95 Å². The maximum absolute atomic E-state index is 4.18. The van der Waals surface area contributed by atoms with E-state index in [0.717, 1.165) is 19.0 Å². The van der Waals surface area contributed by atoms with Gasteiger partial charge in [0.15, 0.2) is 0 Å². The predicted octanol–water partition coefficient (Wildman–Crippen LogP) is 0.129. The molecule has 0 amide bonds. The summed E-state index contributed by atoms with van der Waals surface area (Å²) in [6.07, 6.45) is 6.90. The molecule has 0 bridgehead atoms. The SMILES string of the molecule is c1cnc(N2CC(n3nccn3)C2)nc1. The molecule has 1 aliphatic rings. The van der Waals surface area contributed by atoms with Gasteiger partial charge in [0.05, 0.1) is 12.4 Å². The molecule has 15 heavy (non-hydrogen) atoms. The fraction of sp³-hybridized carbons (Fsp3) is 0.333. The monoisotopic (exact) mass is 202 g/mol. The van der Waals surface area contributed by atoms with Crippen LogP contribution in [0.3, 0.4) is 0 Å². The molecule has 6 nitrogen and oxygen atoms in total. The number of anilines is 1. The zero-order valence-electron chi connectivity index (χ0n) is 8.06. The fourth-order valence-electron chi connectivity index (χ4n) is 1.63. The van der Waals surface area contributed by atoms with E-state index in [1.54, 1.807) is 29.6 Å². The van der Waals surface area contributed by atoms with E-state index in [1.165, 1.54) is 0 Å². The van der Waals surface area contributed by atoms with Crippen molar-refractivity contribution in [2.45, 2.75) is 6.04 Å². The maximum atomic E-state index is 4.18. The molecule has 0 aliphatic carbocycles. The quantitative estimate of drug-likeness (QED) is 0.692. The first-order valence-corrected chi connectivity index (χ1v) is 4.81. The van der Waals surface area contributed by atoms with E-state index in [9.17, 15) is 0 Å². The molecule has 76 valence electrons. The lowest BCUT2D eigenvalue weighted by atomic mass is 10.1. The second kappa shape index (κ2) is 3.30. The molecular weight excluding hydrogens is 192 g/mol. The average Bonchev–Trinajstić information content (AvgIpc) is 2.70. The zero-order chi connectivity index (χ0) is 10.1. The van der Waals surface area contributed by atoms with Crippen molar-refractivity contribution in [3.05, 3.63) is 30.9 Å². The first kappa shape index (κ1) is 8.34. The van der Waals surface area contributed by atoms with E-state index in [0.29, 0.717) is 6.04 Å². The highest BCUT2D eigenvalue weighted by atomic mass is 15.5. The lowest BCUT2D eigenvalue weighted by Gasteiger charge is -2.38. The van der Waals surface area contributed by atoms with Crippen molar-refractivity contribution >= 4 is 5.95 Å². The van der Waals surface area contributed by atoms with Gasteiger partial charge in [0, 0.05) is 25.5 Å². The summed E-state index contributed by atoms with van der Waals surface area (Å²) < 4.78 is 0. The minimum absolute atomic E-state index is 0.351. The van der Waals surface area contributed by atoms with Crippen LogP contribution in [0.15, 0.2) is 30.9 Å². The van der Waals surface area contributed by atoms with Crippen molar-refractivity contribution in [1.82, 2.24) is 25.0 Å². The highest BCUT2D eigenvalue weighted by Gasteiger charge is 2.30. The van der Waals surface area contributed by atoms with E-state index in [1.807, 2.05) is 6.07 Å². The van der Waals surface area contributed by atoms with Gasteiger partial charge in [-0.15, -0.1) is 0 Å². The summed E-state index contributed by atoms with van der Waals surface area (Å²) >= 11 is 0. The Labute approximate surface area is 86.6 Å². The van der Waals surface area contributed by atoms with E-state index in [2.05, 4.69) is 25.1 Å². The number of rotatable bonds is 2. The van der Waals surface area contributed by atoms with Gasteiger partial charge in [0.25, 0.3) is 0 Å². The third kappa shape index (κ3) is 1.43. The maximum Gasteiger partial charge on any atom is 0.225 e. The molecule has 1 saturated heterocycles. The van der Waals surface area contributed by atoms with Crippen molar-refractivity contribution in [1.29, 1.82) is 0 Å². The average molecular weight is 202 g/mol. The molecule has 0 saturated carbocycles. The van der Waals surface area contributed by atoms with E-state index in [-0.39, 0.29) is 0 Å². The van der Waals surface area contributed by atoms with Gasteiger partial charge in [-0.3, -0.25) is 0 Å². The molecule has 3 rings (SSSR count). The van der Waals surface area contributed by atoms with Crippen LogP contribution in [0.1, 0.15) is 6.04 Å². The van der Waals surface area contributed by atoms with Crippen LogP contribution in [0.5, 0.6) is 0 Å². The molecule has 6 heteroatoms. The molecule has 2 aromatic rings. The van der Waals surface area contributed by atoms with E-state index < -0.39 is 0 Å². The third-order valence-electron chi connectivity index (χ3n) is 2.46. The van der Waals surface area contributed by atoms with Crippen molar-refractivity contribution in [3.8, 4) is 0 Å². The minimum Gasteiger partial charge on any atom is -0.336 e. The molecule has 0 N–H and O–H groups in total. The highest BCUT2D eigenvalue weighted by Crippen LogP contribution is 2.22. The Balaban J connectivity index is 1.68. The zero-order valence-corrected chi connectivity index (χ0v) is 8.06. The van der Waals surface area contributed by atoms with Crippen molar-refractivity contribution < 1.29 is 0 Å². The van der Waals surface area contributed by atoms with Crippen LogP contribution < -0.4 is 4.90 Å². The Morgan fingerprint density at radius 2 is 1.67 bits per heavy atom. The predicted molar refractivity (Wildman–Crippen MR) is 53.3 cm³/mol. The summed E-state index contributed by atoms with van der Waals surface area (Å²) in [5.74, 6) is 0.779. The molecule has 1 fully saturated rings. The molecule has 0 aromatic carbocycles. The number of hydrogen-bond donors (Lipinski definition) is 0. The molecular formula is C9H10N6.